The highest BCUT2D eigenvalue weighted by Crippen LogP contribution is 2.08. The van der Waals surface area contributed by atoms with Crippen molar-refractivity contribution in [1.82, 2.24) is 4.90 Å². The lowest BCUT2D eigenvalue weighted by Gasteiger charge is -2.14. The quantitative estimate of drug-likeness (QED) is 0.790. The van der Waals surface area contributed by atoms with E-state index in [1.807, 2.05) is 11.9 Å². The number of aryl methyl sites for hydroxylation is 1. The molecule has 88 valence electrons. The van der Waals surface area contributed by atoms with Crippen LogP contribution in [0.2, 0.25) is 0 Å². The van der Waals surface area contributed by atoms with Gasteiger partial charge in [0.25, 0.3) is 0 Å². The van der Waals surface area contributed by atoms with Crippen LogP contribution in [0, 0.1) is 0 Å². The fraction of sp³-hybridized carbons (Fsp3) is 0.462. The minimum absolute atomic E-state index is 0.287. The highest BCUT2D eigenvalue weighted by molar-refractivity contribution is 5.75. The molecule has 0 unspecified atom stereocenters. The average Bonchev–Trinajstić information content (AvgIpc) is 2.20. The minimum atomic E-state index is -0.287. The van der Waals surface area contributed by atoms with Crippen LogP contribution in [0.4, 0.5) is 0 Å². The van der Waals surface area contributed by atoms with E-state index in [2.05, 4.69) is 31.2 Å². The summed E-state index contributed by atoms with van der Waals surface area (Å²) in [6, 6.07) is 8.53. The van der Waals surface area contributed by atoms with Gasteiger partial charge >= 0.3 is 0 Å². The standard InChI is InChI=1S/C13H20N2O/c1-3-4-11-5-7-12(8-6-11)9-15(2)10-13(14)16/h5-8H,3-4,9-10H2,1-2H3,(H2,14,16). The van der Waals surface area contributed by atoms with Crippen LogP contribution in [0.5, 0.6) is 0 Å². The number of hydrogen-bond donors (Lipinski definition) is 1. The van der Waals surface area contributed by atoms with Crippen LogP contribution in [0.1, 0.15) is 24.5 Å². The van der Waals surface area contributed by atoms with Gasteiger partial charge in [0.05, 0.1) is 6.54 Å². The van der Waals surface area contributed by atoms with Crippen LogP contribution < -0.4 is 5.73 Å². The highest BCUT2D eigenvalue weighted by atomic mass is 16.1. The number of likely N-dealkylation sites (N-methyl/N-ethyl adjacent to an activating group) is 1. The molecule has 0 atom stereocenters. The Bertz CT molecular complexity index is 332. The number of nitrogens with two attached hydrogens (primary N) is 1. The first kappa shape index (κ1) is 12.7. The number of carbonyl (C=O) groups excluding carboxylic acids is 1. The summed E-state index contributed by atoms with van der Waals surface area (Å²) in [5.74, 6) is -0.287. The molecular weight excluding hydrogens is 200 g/mol. The molecule has 1 aromatic carbocycles. The Morgan fingerprint density at radius 1 is 1.25 bits per heavy atom. The van der Waals surface area contributed by atoms with Crippen molar-refractivity contribution < 1.29 is 4.79 Å². The summed E-state index contributed by atoms with van der Waals surface area (Å²) in [6.45, 7) is 3.24. The first-order chi connectivity index (χ1) is 7.61. The molecule has 2 N–H and O–H groups in total. The first-order valence-corrected chi connectivity index (χ1v) is 5.66. The molecule has 0 aliphatic rings. The second kappa shape index (κ2) is 6.28. The van der Waals surface area contributed by atoms with Crippen molar-refractivity contribution in [2.75, 3.05) is 13.6 Å². The molecule has 1 amide bonds. The zero-order valence-electron chi connectivity index (χ0n) is 10.1. The summed E-state index contributed by atoms with van der Waals surface area (Å²) in [5.41, 5.74) is 7.71. The van der Waals surface area contributed by atoms with Gasteiger partial charge < -0.3 is 5.73 Å². The summed E-state index contributed by atoms with van der Waals surface area (Å²) in [6.07, 6.45) is 2.29. The number of rotatable bonds is 6. The van der Waals surface area contributed by atoms with Gasteiger partial charge in [-0.1, -0.05) is 37.6 Å². The lowest BCUT2D eigenvalue weighted by molar-refractivity contribution is -0.118. The van der Waals surface area contributed by atoms with Gasteiger partial charge in [0.2, 0.25) is 5.91 Å². The summed E-state index contributed by atoms with van der Waals surface area (Å²) in [7, 11) is 1.89. The van der Waals surface area contributed by atoms with Gasteiger partial charge in [-0.25, -0.2) is 0 Å². The van der Waals surface area contributed by atoms with E-state index >= 15 is 0 Å². The molecule has 0 bridgehead atoms. The van der Waals surface area contributed by atoms with Crippen molar-refractivity contribution in [2.24, 2.45) is 5.73 Å². The third-order valence-corrected chi connectivity index (χ3v) is 2.44. The van der Waals surface area contributed by atoms with E-state index in [0.717, 1.165) is 13.0 Å². The monoisotopic (exact) mass is 220 g/mol. The predicted octanol–water partition coefficient (Wildman–Crippen LogP) is 1.56. The van der Waals surface area contributed by atoms with Crippen molar-refractivity contribution in [2.45, 2.75) is 26.3 Å². The Morgan fingerprint density at radius 3 is 2.31 bits per heavy atom. The molecule has 0 saturated heterocycles. The van der Waals surface area contributed by atoms with Crippen molar-refractivity contribution in [3.63, 3.8) is 0 Å². The molecule has 0 radical (unpaired) electrons. The summed E-state index contributed by atoms with van der Waals surface area (Å²) in [5, 5.41) is 0. The van der Waals surface area contributed by atoms with Crippen LogP contribution in [0.3, 0.4) is 0 Å². The second-order valence-corrected chi connectivity index (χ2v) is 4.21. The largest absolute Gasteiger partial charge is 0.369 e. The normalized spacial score (nSPS) is 10.7. The van der Waals surface area contributed by atoms with E-state index in [-0.39, 0.29) is 5.91 Å². The van der Waals surface area contributed by atoms with E-state index in [0.29, 0.717) is 6.54 Å². The number of amides is 1. The molecule has 0 aliphatic carbocycles. The van der Waals surface area contributed by atoms with Crippen LogP contribution in [-0.4, -0.2) is 24.4 Å². The molecule has 1 aromatic rings. The molecule has 1 rings (SSSR count). The maximum absolute atomic E-state index is 10.7. The number of benzene rings is 1. The molecule has 3 nitrogen and oxygen atoms in total. The van der Waals surface area contributed by atoms with E-state index in [9.17, 15) is 4.79 Å². The zero-order chi connectivity index (χ0) is 12.0. The van der Waals surface area contributed by atoms with E-state index in [1.165, 1.54) is 17.5 Å². The molecule has 0 fully saturated rings. The van der Waals surface area contributed by atoms with Crippen molar-refractivity contribution in [3.05, 3.63) is 35.4 Å². The van der Waals surface area contributed by atoms with Gasteiger partial charge in [-0.3, -0.25) is 9.69 Å². The number of hydrogen-bond acceptors (Lipinski definition) is 2. The van der Waals surface area contributed by atoms with Crippen molar-refractivity contribution >= 4 is 5.91 Å². The van der Waals surface area contributed by atoms with Gasteiger partial charge in [-0.15, -0.1) is 0 Å². The molecule has 0 aliphatic heterocycles. The van der Waals surface area contributed by atoms with Gasteiger partial charge in [-0.2, -0.15) is 0 Å². The summed E-state index contributed by atoms with van der Waals surface area (Å²) >= 11 is 0. The van der Waals surface area contributed by atoms with Crippen LogP contribution in [-0.2, 0) is 17.8 Å². The van der Waals surface area contributed by atoms with E-state index < -0.39 is 0 Å². The van der Waals surface area contributed by atoms with E-state index in [4.69, 9.17) is 5.73 Å². The molecule has 16 heavy (non-hydrogen) atoms. The minimum Gasteiger partial charge on any atom is -0.369 e. The Morgan fingerprint density at radius 2 is 1.81 bits per heavy atom. The highest BCUT2D eigenvalue weighted by Gasteiger charge is 2.03. The zero-order valence-corrected chi connectivity index (χ0v) is 10.1. The maximum atomic E-state index is 10.7. The van der Waals surface area contributed by atoms with Gasteiger partial charge in [0.1, 0.15) is 0 Å². The third-order valence-electron chi connectivity index (χ3n) is 2.44. The van der Waals surface area contributed by atoms with Crippen molar-refractivity contribution in [3.8, 4) is 0 Å². The molecule has 0 spiro atoms. The topological polar surface area (TPSA) is 46.3 Å². The average molecular weight is 220 g/mol. The summed E-state index contributed by atoms with van der Waals surface area (Å²) in [4.78, 5) is 12.6. The Labute approximate surface area is 97.2 Å². The number of primary amides is 1. The van der Waals surface area contributed by atoms with Crippen LogP contribution >= 0.6 is 0 Å². The lowest BCUT2D eigenvalue weighted by atomic mass is 10.1. The van der Waals surface area contributed by atoms with Gasteiger partial charge in [-0.05, 0) is 24.6 Å². The van der Waals surface area contributed by atoms with Gasteiger partial charge in [0, 0.05) is 6.54 Å². The SMILES string of the molecule is CCCc1ccc(CN(C)CC(N)=O)cc1. The Hall–Kier alpha value is -1.35. The number of nitrogens with zero attached hydrogens (tertiary/aromatic N) is 1. The van der Waals surface area contributed by atoms with Crippen LogP contribution in [0.25, 0.3) is 0 Å². The maximum Gasteiger partial charge on any atom is 0.231 e. The van der Waals surface area contributed by atoms with Crippen LogP contribution in [0.15, 0.2) is 24.3 Å². The first-order valence-electron chi connectivity index (χ1n) is 5.66. The van der Waals surface area contributed by atoms with Crippen molar-refractivity contribution in [1.29, 1.82) is 0 Å². The summed E-state index contributed by atoms with van der Waals surface area (Å²) < 4.78 is 0. The molecule has 0 saturated carbocycles. The third kappa shape index (κ3) is 4.45. The fourth-order valence-electron chi connectivity index (χ4n) is 1.73. The number of carbonyl (C=O) groups is 1. The van der Waals surface area contributed by atoms with E-state index in [1.54, 1.807) is 0 Å². The molecule has 3 heteroatoms. The smallest absolute Gasteiger partial charge is 0.231 e. The molecule has 0 aromatic heterocycles. The predicted molar refractivity (Wildman–Crippen MR) is 66.0 cm³/mol. The molecule has 0 heterocycles. The lowest BCUT2D eigenvalue weighted by Crippen LogP contribution is -2.30. The fourth-order valence-corrected chi connectivity index (χ4v) is 1.73. The Kier molecular flexibility index (Phi) is 4.99. The molecular formula is C13H20N2O. The van der Waals surface area contributed by atoms with Gasteiger partial charge in [0.15, 0.2) is 0 Å². The second-order valence-electron chi connectivity index (χ2n) is 4.21. The Balaban J connectivity index is 2.51.